The zero-order chi connectivity index (χ0) is 20.9. The molecule has 1 fully saturated rings. The maximum atomic E-state index is 12.4. The number of likely N-dealkylation sites (tertiary alicyclic amines) is 1. The Bertz CT molecular complexity index is 862. The normalized spacial score (nSPS) is 19.3. The Morgan fingerprint density at radius 3 is 3.00 bits per heavy atom. The summed E-state index contributed by atoms with van der Waals surface area (Å²) in [6.45, 7) is 3.16. The molecule has 1 aromatic carbocycles. The van der Waals surface area contributed by atoms with Crippen molar-refractivity contribution in [3.05, 3.63) is 38.8 Å². The van der Waals surface area contributed by atoms with Gasteiger partial charge in [0.1, 0.15) is 10.8 Å². The van der Waals surface area contributed by atoms with Gasteiger partial charge in [-0.25, -0.2) is 4.98 Å². The van der Waals surface area contributed by atoms with Gasteiger partial charge in [0.25, 0.3) is 0 Å². The maximum Gasteiger partial charge on any atom is 0.224 e. The van der Waals surface area contributed by atoms with E-state index in [-0.39, 0.29) is 5.91 Å². The monoisotopic (exact) mass is 447 g/mol. The highest BCUT2D eigenvalue weighted by molar-refractivity contribution is 7.11. The fourth-order valence-corrected chi connectivity index (χ4v) is 5.95. The number of hydrogen-bond acceptors (Lipinski definition) is 5. The van der Waals surface area contributed by atoms with E-state index in [1.807, 2.05) is 17.4 Å². The van der Waals surface area contributed by atoms with Crippen molar-refractivity contribution in [3.63, 3.8) is 0 Å². The number of benzene rings is 1. The van der Waals surface area contributed by atoms with E-state index in [9.17, 15) is 4.79 Å². The first-order valence-electron chi connectivity index (χ1n) is 10.9. The quantitative estimate of drug-likeness (QED) is 0.624. The minimum Gasteiger partial charge on any atom is -0.495 e. The van der Waals surface area contributed by atoms with Gasteiger partial charge in [0.2, 0.25) is 5.91 Å². The van der Waals surface area contributed by atoms with Gasteiger partial charge in [-0.15, -0.1) is 11.3 Å². The van der Waals surface area contributed by atoms with Crippen LogP contribution in [0.2, 0.25) is 5.02 Å². The smallest absolute Gasteiger partial charge is 0.224 e. The van der Waals surface area contributed by atoms with Gasteiger partial charge in [0, 0.05) is 23.5 Å². The second-order valence-corrected chi connectivity index (χ2v) is 9.94. The number of aryl methyl sites for hydroxylation is 2. The number of carbonyl (C=O) groups excluding carboxylic acids is 1. The number of anilines is 1. The summed E-state index contributed by atoms with van der Waals surface area (Å²) >= 11 is 8.06. The molecular formula is C23H30ClN3O2S. The molecule has 1 N–H and O–H groups in total. The SMILES string of the molecule is COc1ccc(NC(=O)CCC2CCCN(Cc3nc4c(s3)CCCC4)C2)cc1Cl. The average Bonchev–Trinajstić information content (AvgIpc) is 3.15. The van der Waals surface area contributed by atoms with Crippen LogP contribution in [-0.4, -0.2) is 36.0 Å². The summed E-state index contributed by atoms with van der Waals surface area (Å²) in [5, 5.41) is 4.73. The van der Waals surface area contributed by atoms with Crippen molar-refractivity contribution in [2.45, 2.75) is 57.9 Å². The highest BCUT2D eigenvalue weighted by atomic mass is 35.5. The second-order valence-electron chi connectivity index (χ2n) is 8.36. The molecule has 0 saturated carbocycles. The molecule has 2 aromatic rings. The Labute approximate surface area is 187 Å². The molecule has 1 unspecified atom stereocenters. The van der Waals surface area contributed by atoms with Gasteiger partial charge in [0.05, 0.1) is 24.4 Å². The molecule has 1 atom stereocenters. The van der Waals surface area contributed by atoms with E-state index in [0.29, 0.717) is 28.8 Å². The molecule has 4 rings (SSSR count). The second kappa shape index (κ2) is 10.1. The van der Waals surface area contributed by atoms with Crippen LogP contribution in [0.5, 0.6) is 5.75 Å². The number of piperidine rings is 1. The average molecular weight is 448 g/mol. The third-order valence-electron chi connectivity index (χ3n) is 6.07. The predicted octanol–water partition coefficient (Wildman–Crippen LogP) is 5.31. The number of nitrogens with one attached hydrogen (secondary N) is 1. The van der Waals surface area contributed by atoms with Crippen LogP contribution in [-0.2, 0) is 24.2 Å². The summed E-state index contributed by atoms with van der Waals surface area (Å²) in [6, 6.07) is 5.32. The predicted molar refractivity (Wildman–Crippen MR) is 123 cm³/mol. The van der Waals surface area contributed by atoms with E-state index in [1.54, 1.807) is 19.2 Å². The van der Waals surface area contributed by atoms with Crippen molar-refractivity contribution in [1.82, 2.24) is 9.88 Å². The largest absolute Gasteiger partial charge is 0.495 e. The molecule has 2 aliphatic rings. The van der Waals surface area contributed by atoms with Crippen molar-refractivity contribution in [2.24, 2.45) is 5.92 Å². The highest BCUT2D eigenvalue weighted by Crippen LogP contribution is 2.30. The van der Waals surface area contributed by atoms with Crippen LogP contribution in [0.3, 0.4) is 0 Å². The fourth-order valence-electron chi connectivity index (χ4n) is 4.50. The van der Waals surface area contributed by atoms with Gasteiger partial charge < -0.3 is 10.1 Å². The lowest BCUT2D eigenvalue weighted by Gasteiger charge is -2.32. The van der Waals surface area contributed by atoms with Crippen LogP contribution in [0, 0.1) is 5.92 Å². The number of amides is 1. The van der Waals surface area contributed by atoms with Gasteiger partial charge in [0.15, 0.2) is 0 Å². The summed E-state index contributed by atoms with van der Waals surface area (Å²) < 4.78 is 5.15. The Morgan fingerprint density at radius 2 is 2.20 bits per heavy atom. The van der Waals surface area contributed by atoms with Crippen molar-refractivity contribution < 1.29 is 9.53 Å². The van der Waals surface area contributed by atoms with Crippen molar-refractivity contribution in [2.75, 3.05) is 25.5 Å². The zero-order valence-corrected chi connectivity index (χ0v) is 19.2. The number of fused-ring (bicyclic) bond motifs is 1. The van der Waals surface area contributed by atoms with Gasteiger partial charge in [-0.3, -0.25) is 9.69 Å². The van der Waals surface area contributed by atoms with Crippen LogP contribution < -0.4 is 10.1 Å². The first-order valence-corrected chi connectivity index (χ1v) is 12.1. The van der Waals surface area contributed by atoms with E-state index >= 15 is 0 Å². The Hall–Kier alpha value is -1.63. The van der Waals surface area contributed by atoms with E-state index < -0.39 is 0 Å². The lowest BCUT2D eigenvalue weighted by atomic mass is 9.93. The van der Waals surface area contributed by atoms with Crippen LogP contribution in [0.4, 0.5) is 5.69 Å². The molecule has 7 heteroatoms. The standard InChI is InChI=1S/C23H30ClN3O2S/c1-29-20-10-9-17(13-18(20)24)25-22(28)11-8-16-5-4-12-27(14-16)15-23-26-19-6-2-3-7-21(19)30-23/h9-10,13,16H,2-8,11-12,14-15H2,1H3,(H,25,28). The van der Waals surface area contributed by atoms with Crippen molar-refractivity contribution >= 4 is 34.5 Å². The Balaban J connectivity index is 1.24. The van der Waals surface area contributed by atoms with Crippen LogP contribution in [0.1, 0.15) is 54.1 Å². The van der Waals surface area contributed by atoms with E-state index in [4.69, 9.17) is 21.3 Å². The van der Waals surface area contributed by atoms with E-state index in [0.717, 1.165) is 32.5 Å². The first kappa shape index (κ1) is 21.6. The zero-order valence-electron chi connectivity index (χ0n) is 17.6. The number of carbonyl (C=O) groups is 1. The minimum absolute atomic E-state index is 0.0426. The molecular weight excluding hydrogens is 418 g/mol. The number of halogens is 1. The molecule has 1 aliphatic heterocycles. The van der Waals surface area contributed by atoms with Crippen LogP contribution in [0.15, 0.2) is 18.2 Å². The van der Waals surface area contributed by atoms with Gasteiger partial charge in [-0.2, -0.15) is 0 Å². The molecule has 30 heavy (non-hydrogen) atoms. The number of thiazole rings is 1. The third kappa shape index (κ3) is 5.54. The first-order chi connectivity index (χ1) is 14.6. The van der Waals surface area contributed by atoms with Crippen LogP contribution >= 0.6 is 22.9 Å². The number of hydrogen-bond donors (Lipinski definition) is 1. The lowest BCUT2D eigenvalue weighted by molar-refractivity contribution is -0.116. The Kier molecular flexibility index (Phi) is 7.28. The van der Waals surface area contributed by atoms with Gasteiger partial charge in [-0.05, 0) is 75.6 Å². The highest BCUT2D eigenvalue weighted by Gasteiger charge is 2.23. The number of ether oxygens (including phenoxy) is 1. The van der Waals surface area contributed by atoms with E-state index in [2.05, 4.69) is 10.2 Å². The molecule has 0 spiro atoms. The topological polar surface area (TPSA) is 54.5 Å². The lowest BCUT2D eigenvalue weighted by Crippen LogP contribution is -2.35. The molecule has 1 aromatic heterocycles. The summed E-state index contributed by atoms with van der Waals surface area (Å²) in [4.78, 5) is 21.3. The number of aromatic nitrogens is 1. The summed E-state index contributed by atoms with van der Waals surface area (Å²) in [7, 11) is 1.58. The van der Waals surface area contributed by atoms with Gasteiger partial charge in [-0.1, -0.05) is 11.6 Å². The molecule has 1 aliphatic carbocycles. The van der Waals surface area contributed by atoms with Crippen LogP contribution in [0.25, 0.3) is 0 Å². The molecule has 2 heterocycles. The molecule has 5 nitrogen and oxygen atoms in total. The Morgan fingerprint density at radius 1 is 1.33 bits per heavy atom. The molecule has 0 radical (unpaired) electrons. The van der Waals surface area contributed by atoms with E-state index in [1.165, 1.54) is 47.7 Å². The number of nitrogens with zero attached hydrogens (tertiary/aromatic N) is 2. The summed E-state index contributed by atoms with van der Waals surface area (Å²) in [6.07, 6.45) is 8.82. The third-order valence-corrected chi connectivity index (χ3v) is 7.50. The molecule has 162 valence electrons. The molecule has 1 saturated heterocycles. The van der Waals surface area contributed by atoms with Gasteiger partial charge >= 0.3 is 0 Å². The fraction of sp³-hybridized carbons (Fsp3) is 0.565. The number of rotatable bonds is 7. The number of methoxy groups -OCH3 is 1. The summed E-state index contributed by atoms with van der Waals surface area (Å²) in [5.41, 5.74) is 2.06. The molecule has 1 amide bonds. The minimum atomic E-state index is 0.0426. The van der Waals surface area contributed by atoms with Crippen molar-refractivity contribution in [3.8, 4) is 5.75 Å². The molecule has 0 bridgehead atoms. The summed E-state index contributed by atoms with van der Waals surface area (Å²) in [5.74, 6) is 1.22. The maximum absolute atomic E-state index is 12.4. The van der Waals surface area contributed by atoms with Crippen molar-refractivity contribution in [1.29, 1.82) is 0 Å².